The van der Waals surface area contributed by atoms with Gasteiger partial charge < -0.3 is 9.80 Å². The largest absolute Gasteiger partial charge is 0.339 e. The summed E-state index contributed by atoms with van der Waals surface area (Å²) < 4.78 is 0. The number of amides is 2. The minimum absolute atomic E-state index is 0.101. The summed E-state index contributed by atoms with van der Waals surface area (Å²) >= 11 is 1.89. The summed E-state index contributed by atoms with van der Waals surface area (Å²) in [5.74, 6) is 2.52. The second-order valence-electron chi connectivity index (χ2n) is 7.05. The van der Waals surface area contributed by atoms with Crippen molar-refractivity contribution in [2.45, 2.75) is 39.3 Å². The van der Waals surface area contributed by atoms with Gasteiger partial charge in [-0.2, -0.15) is 11.8 Å². The molecule has 0 bridgehead atoms. The Morgan fingerprint density at radius 3 is 2.50 bits per heavy atom. The molecule has 1 fully saturated rings. The lowest BCUT2D eigenvalue weighted by Gasteiger charge is -2.39. The molecule has 1 saturated heterocycles. The SMILES string of the molecule is CC(C)CC(=O)N1Cc2ccccc2C[C@@H]1C(=O)N1CCSCC1. The quantitative estimate of drug-likeness (QED) is 0.845. The zero-order chi connectivity index (χ0) is 17.1. The first-order valence-corrected chi connectivity index (χ1v) is 9.94. The maximum Gasteiger partial charge on any atom is 0.245 e. The van der Waals surface area contributed by atoms with Crippen LogP contribution in [0.15, 0.2) is 24.3 Å². The van der Waals surface area contributed by atoms with Crippen LogP contribution in [0, 0.1) is 5.92 Å². The number of hydrogen-bond acceptors (Lipinski definition) is 3. The molecular weight excluding hydrogens is 320 g/mol. The molecule has 0 saturated carbocycles. The van der Waals surface area contributed by atoms with Gasteiger partial charge in [0.25, 0.3) is 0 Å². The highest BCUT2D eigenvalue weighted by molar-refractivity contribution is 7.99. The third kappa shape index (κ3) is 3.77. The van der Waals surface area contributed by atoms with Crippen LogP contribution in [-0.4, -0.2) is 52.3 Å². The molecule has 5 heteroatoms. The van der Waals surface area contributed by atoms with Gasteiger partial charge in [-0.05, 0) is 17.0 Å². The number of carbonyl (C=O) groups excluding carboxylic acids is 2. The molecule has 0 unspecified atom stereocenters. The third-order valence-corrected chi connectivity index (χ3v) is 5.70. The average molecular weight is 346 g/mol. The Hall–Kier alpha value is -1.49. The molecule has 2 amide bonds. The summed E-state index contributed by atoms with van der Waals surface area (Å²) in [6.45, 7) is 6.26. The van der Waals surface area contributed by atoms with Crippen molar-refractivity contribution in [2.75, 3.05) is 24.6 Å². The van der Waals surface area contributed by atoms with Gasteiger partial charge in [0.15, 0.2) is 0 Å². The standard InChI is InChI=1S/C19H26N2O2S/c1-14(2)11-18(22)21-13-16-6-4-3-5-15(16)12-17(21)19(23)20-7-9-24-10-8-20/h3-6,14,17H,7-13H2,1-2H3/t17-/m1/s1. The van der Waals surface area contributed by atoms with Crippen LogP contribution in [0.25, 0.3) is 0 Å². The van der Waals surface area contributed by atoms with E-state index in [0.717, 1.165) is 24.6 Å². The van der Waals surface area contributed by atoms with E-state index >= 15 is 0 Å². The number of thioether (sulfide) groups is 1. The molecule has 0 spiro atoms. The highest BCUT2D eigenvalue weighted by Gasteiger charge is 2.37. The summed E-state index contributed by atoms with van der Waals surface area (Å²) in [6.07, 6.45) is 1.14. The summed E-state index contributed by atoms with van der Waals surface area (Å²) in [4.78, 5) is 29.6. The van der Waals surface area contributed by atoms with Crippen molar-refractivity contribution in [3.05, 3.63) is 35.4 Å². The van der Waals surface area contributed by atoms with Crippen LogP contribution < -0.4 is 0 Å². The molecule has 3 rings (SSSR count). The third-order valence-electron chi connectivity index (χ3n) is 4.76. The molecule has 0 N–H and O–H groups in total. The van der Waals surface area contributed by atoms with E-state index in [4.69, 9.17) is 0 Å². The van der Waals surface area contributed by atoms with E-state index < -0.39 is 0 Å². The first-order chi connectivity index (χ1) is 11.6. The van der Waals surface area contributed by atoms with E-state index in [0.29, 0.717) is 25.3 Å². The van der Waals surface area contributed by atoms with E-state index in [1.165, 1.54) is 11.1 Å². The lowest BCUT2D eigenvalue weighted by molar-refractivity contribution is -0.147. The van der Waals surface area contributed by atoms with E-state index in [1.807, 2.05) is 33.7 Å². The maximum atomic E-state index is 13.1. The summed E-state index contributed by atoms with van der Waals surface area (Å²) in [6, 6.07) is 7.85. The van der Waals surface area contributed by atoms with Gasteiger partial charge in [-0.3, -0.25) is 9.59 Å². The van der Waals surface area contributed by atoms with Crippen LogP contribution in [0.5, 0.6) is 0 Å². The van der Waals surface area contributed by atoms with Gasteiger partial charge in [0.1, 0.15) is 6.04 Å². The van der Waals surface area contributed by atoms with E-state index in [9.17, 15) is 9.59 Å². The Morgan fingerprint density at radius 1 is 1.17 bits per heavy atom. The number of carbonyl (C=O) groups is 2. The Kier molecular flexibility index (Phi) is 5.49. The molecule has 1 aromatic carbocycles. The zero-order valence-corrected chi connectivity index (χ0v) is 15.3. The Bertz CT molecular complexity index is 611. The summed E-state index contributed by atoms with van der Waals surface area (Å²) in [5, 5.41) is 0. The van der Waals surface area contributed by atoms with Crippen molar-refractivity contribution in [2.24, 2.45) is 5.92 Å². The molecular formula is C19H26N2O2S. The highest BCUT2D eigenvalue weighted by Crippen LogP contribution is 2.26. The van der Waals surface area contributed by atoms with E-state index in [-0.39, 0.29) is 17.9 Å². The first kappa shape index (κ1) is 17.3. The molecule has 2 heterocycles. The van der Waals surface area contributed by atoms with Crippen molar-refractivity contribution in [3.63, 3.8) is 0 Å². The van der Waals surface area contributed by atoms with Gasteiger partial charge in [-0.25, -0.2) is 0 Å². The van der Waals surface area contributed by atoms with E-state index in [2.05, 4.69) is 26.0 Å². The topological polar surface area (TPSA) is 40.6 Å². The fraction of sp³-hybridized carbons (Fsp3) is 0.579. The number of rotatable bonds is 3. The smallest absolute Gasteiger partial charge is 0.245 e. The maximum absolute atomic E-state index is 13.1. The predicted octanol–water partition coefficient (Wildman–Crippen LogP) is 2.56. The predicted molar refractivity (Wildman–Crippen MR) is 97.8 cm³/mol. The Balaban J connectivity index is 1.84. The van der Waals surface area contributed by atoms with Crippen LogP contribution >= 0.6 is 11.8 Å². The van der Waals surface area contributed by atoms with Crippen molar-refractivity contribution in [3.8, 4) is 0 Å². The van der Waals surface area contributed by atoms with Crippen molar-refractivity contribution < 1.29 is 9.59 Å². The second-order valence-corrected chi connectivity index (χ2v) is 8.27. The molecule has 2 aliphatic rings. The fourth-order valence-electron chi connectivity index (χ4n) is 3.47. The lowest BCUT2D eigenvalue weighted by Crippen LogP contribution is -2.55. The van der Waals surface area contributed by atoms with Gasteiger partial charge >= 0.3 is 0 Å². The van der Waals surface area contributed by atoms with Gasteiger partial charge in [0.05, 0.1) is 0 Å². The van der Waals surface area contributed by atoms with Gasteiger partial charge in [-0.1, -0.05) is 38.1 Å². The summed E-state index contributed by atoms with van der Waals surface area (Å²) in [5.41, 5.74) is 2.38. The molecule has 0 aliphatic carbocycles. The number of nitrogens with zero attached hydrogens (tertiary/aromatic N) is 2. The zero-order valence-electron chi connectivity index (χ0n) is 14.5. The minimum atomic E-state index is -0.339. The monoisotopic (exact) mass is 346 g/mol. The minimum Gasteiger partial charge on any atom is -0.339 e. The van der Waals surface area contributed by atoms with Gasteiger partial charge in [0.2, 0.25) is 11.8 Å². The Labute approximate surface area is 148 Å². The first-order valence-electron chi connectivity index (χ1n) is 8.79. The molecule has 2 aliphatic heterocycles. The van der Waals surface area contributed by atoms with Gasteiger partial charge in [-0.15, -0.1) is 0 Å². The van der Waals surface area contributed by atoms with Gasteiger partial charge in [0, 0.05) is 44.0 Å². The normalized spacial score (nSPS) is 20.9. The number of benzene rings is 1. The molecule has 4 nitrogen and oxygen atoms in total. The average Bonchev–Trinajstić information content (AvgIpc) is 2.60. The molecule has 130 valence electrons. The van der Waals surface area contributed by atoms with Crippen LogP contribution in [0.1, 0.15) is 31.4 Å². The van der Waals surface area contributed by atoms with Crippen molar-refractivity contribution >= 4 is 23.6 Å². The fourth-order valence-corrected chi connectivity index (χ4v) is 4.37. The van der Waals surface area contributed by atoms with Crippen LogP contribution in [0.4, 0.5) is 0 Å². The number of fused-ring (bicyclic) bond motifs is 1. The lowest BCUT2D eigenvalue weighted by atomic mass is 9.92. The van der Waals surface area contributed by atoms with E-state index in [1.54, 1.807) is 0 Å². The van der Waals surface area contributed by atoms with Crippen molar-refractivity contribution in [1.82, 2.24) is 9.80 Å². The number of hydrogen-bond donors (Lipinski definition) is 0. The van der Waals surface area contributed by atoms with Crippen molar-refractivity contribution in [1.29, 1.82) is 0 Å². The summed E-state index contributed by atoms with van der Waals surface area (Å²) in [7, 11) is 0. The van der Waals surface area contributed by atoms with Crippen LogP contribution in [0.3, 0.4) is 0 Å². The molecule has 24 heavy (non-hydrogen) atoms. The highest BCUT2D eigenvalue weighted by atomic mass is 32.2. The Morgan fingerprint density at radius 2 is 1.83 bits per heavy atom. The van der Waals surface area contributed by atoms with Crippen LogP contribution in [0.2, 0.25) is 0 Å². The molecule has 0 aromatic heterocycles. The molecule has 1 atom stereocenters. The molecule has 0 radical (unpaired) electrons. The molecule has 1 aromatic rings. The second kappa shape index (κ2) is 7.60. The van der Waals surface area contributed by atoms with Crippen LogP contribution in [-0.2, 0) is 22.6 Å².